The highest BCUT2D eigenvalue weighted by molar-refractivity contribution is 5.99. The summed E-state index contributed by atoms with van der Waals surface area (Å²) in [4.78, 5) is 41.5. The first-order valence-corrected chi connectivity index (χ1v) is 10.3. The highest BCUT2D eigenvalue weighted by atomic mass is 16.6. The largest absolute Gasteiger partial charge is 0.493 e. The van der Waals surface area contributed by atoms with Gasteiger partial charge in [0.05, 0.1) is 36.5 Å². The molecule has 1 aliphatic heterocycles. The lowest BCUT2D eigenvalue weighted by Crippen LogP contribution is -2.40. The zero-order valence-corrected chi connectivity index (χ0v) is 18.7. The molecule has 0 spiro atoms. The Bertz CT molecular complexity index is 1140. The Balaban J connectivity index is 2.21. The molecule has 9 nitrogen and oxygen atoms in total. The number of benzene rings is 2. The maximum absolute atomic E-state index is 12.9. The van der Waals surface area contributed by atoms with Gasteiger partial charge in [-0.3, -0.25) is 15.1 Å². The maximum atomic E-state index is 12.9. The lowest BCUT2D eigenvalue weighted by molar-refractivity contribution is -0.505. The van der Waals surface area contributed by atoms with Crippen LogP contribution in [-0.4, -0.2) is 42.3 Å². The predicted octanol–water partition coefficient (Wildman–Crippen LogP) is 3.95. The summed E-state index contributed by atoms with van der Waals surface area (Å²) in [6.07, 6.45) is 0. The van der Waals surface area contributed by atoms with Crippen LogP contribution in [0.3, 0.4) is 0 Å². The van der Waals surface area contributed by atoms with Crippen LogP contribution in [0.4, 0.5) is 0 Å². The van der Waals surface area contributed by atoms with Crippen molar-refractivity contribution >= 4 is 17.7 Å². The quantitative estimate of drug-likeness (QED) is 0.270. The molecule has 0 saturated carbocycles. The molecule has 0 aliphatic carbocycles. The molecule has 3 rings (SSSR count). The van der Waals surface area contributed by atoms with Gasteiger partial charge in [-0.15, -0.1) is 0 Å². The van der Waals surface area contributed by atoms with E-state index >= 15 is 0 Å². The molecular formula is C24H24N2O7. The fourth-order valence-corrected chi connectivity index (χ4v) is 3.87. The lowest BCUT2D eigenvalue weighted by Gasteiger charge is -2.29. The van der Waals surface area contributed by atoms with E-state index in [9.17, 15) is 19.7 Å². The Hall–Kier alpha value is -4.01. The number of hydrogen-bond acceptors (Lipinski definition) is 8. The van der Waals surface area contributed by atoms with Gasteiger partial charge in [0.2, 0.25) is 0 Å². The van der Waals surface area contributed by atoms with Crippen molar-refractivity contribution in [2.24, 2.45) is 4.99 Å². The van der Waals surface area contributed by atoms with Gasteiger partial charge in [0.1, 0.15) is 0 Å². The number of carbonyl (C=O) groups excluding carboxylic acids is 2. The molecule has 172 valence electrons. The van der Waals surface area contributed by atoms with Crippen LogP contribution in [0.5, 0.6) is 11.5 Å². The Morgan fingerprint density at radius 3 is 2.36 bits per heavy atom. The summed E-state index contributed by atoms with van der Waals surface area (Å²) in [6.45, 7) is 4.85. The third kappa shape index (κ3) is 4.77. The molecule has 0 radical (unpaired) electrons. The third-order valence-corrected chi connectivity index (χ3v) is 5.28. The van der Waals surface area contributed by atoms with Crippen LogP contribution in [-0.2, 0) is 9.53 Å². The van der Waals surface area contributed by atoms with Gasteiger partial charge in [0.25, 0.3) is 6.04 Å². The molecule has 1 heterocycles. The molecule has 0 aromatic heterocycles. The monoisotopic (exact) mass is 452 g/mol. The number of hydrogen-bond donors (Lipinski definition) is 0. The van der Waals surface area contributed by atoms with E-state index in [-0.39, 0.29) is 35.0 Å². The fourth-order valence-electron chi connectivity index (χ4n) is 3.87. The van der Waals surface area contributed by atoms with Gasteiger partial charge in [-0.05, 0) is 39.0 Å². The summed E-state index contributed by atoms with van der Waals surface area (Å²) in [5.41, 5.74) is 1.10. The predicted molar refractivity (Wildman–Crippen MR) is 120 cm³/mol. The van der Waals surface area contributed by atoms with Crippen molar-refractivity contribution in [2.45, 2.75) is 32.7 Å². The van der Waals surface area contributed by atoms with Crippen molar-refractivity contribution < 1.29 is 28.7 Å². The van der Waals surface area contributed by atoms with Crippen LogP contribution >= 0.6 is 0 Å². The van der Waals surface area contributed by atoms with Crippen LogP contribution in [0.15, 0.2) is 64.8 Å². The molecule has 0 amide bonds. The van der Waals surface area contributed by atoms with Gasteiger partial charge in [-0.2, -0.15) is 0 Å². The first kappa shape index (κ1) is 23.6. The van der Waals surface area contributed by atoms with Crippen molar-refractivity contribution in [3.8, 4) is 11.5 Å². The number of rotatable bonds is 7. The van der Waals surface area contributed by atoms with E-state index in [0.717, 1.165) is 0 Å². The number of para-hydroxylation sites is 1. The molecule has 1 aliphatic rings. The number of ether oxygens (including phenoxy) is 3. The topological polar surface area (TPSA) is 117 Å². The van der Waals surface area contributed by atoms with E-state index in [0.29, 0.717) is 11.3 Å². The van der Waals surface area contributed by atoms with Crippen LogP contribution in [0.2, 0.25) is 0 Å². The second-order valence-electron chi connectivity index (χ2n) is 7.31. The van der Waals surface area contributed by atoms with E-state index in [1.165, 1.54) is 14.0 Å². The number of aliphatic imine (C=N–C) groups is 1. The van der Waals surface area contributed by atoms with Crippen LogP contribution in [0.1, 0.15) is 42.6 Å². The summed E-state index contributed by atoms with van der Waals surface area (Å²) >= 11 is 0. The van der Waals surface area contributed by atoms with Crippen LogP contribution < -0.4 is 9.47 Å². The molecule has 2 unspecified atom stereocenters. The standard InChI is InChI=1S/C24H24N2O7/c1-5-32-24(28)19-14(2)25-15(3)21(26(29)30)20(19)17-12-9-13-18(31-4)22(17)33-23(27)16-10-7-6-8-11-16/h6-13,20-21H,5H2,1-4H3. The van der Waals surface area contributed by atoms with Gasteiger partial charge < -0.3 is 14.2 Å². The van der Waals surface area contributed by atoms with Crippen molar-refractivity contribution in [2.75, 3.05) is 13.7 Å². The second-order valence-corrected chi connectivity index (χ2v) is 7.31. The minimum absolute atomic E-state index is 0.00463. The highest BCUT2D eigenvalue weighted by Crippen LogP contribution is 2.44. The minimum atomic E-state index is -1.37. The smallest absolute Gasteiger partial charge is 0.343 e. The summed E-state index contributed by atoms with van der Waals surface area (Å²) < 4.78 is 16.3. The van der Waals surface area contributed by atoms with E-state index in [1.807, 2.05) is 0 Å². The lowest BCUT2D eigenvalue weighted by atomic mass is 9.79. The van der Waals surface area contributed by atoms with E-state index in [4.69, 9.17) is 14.2 Å². The van der Waals surface area contributed by atoms with Crippen molar-refractivity contribution in [1.82, 2.24) is 0 Å². The van der Waals surface area contributed by atoms with E-state index < -0.39 is 28.8 Å². The molecule has 2 aromatic rings. The third-order valence-electron chi connectivity index (χ3n) is 5.28. The SMILES string of the molecule is CCOC(=O)C1=C(C)N=C(C)C([N+](=O)[O-])C1c1cccc(OC)c1OC(=O)c1ccccc1. The van der Waals surface area contributed by atoms with Gasteiger partial charge >= 0.3 is 11.9 Å². The molecule has 0 N–H and O–H groups in total. The molecular weight excluding hydrogens is 428 g/mol. The highest BCUT2D eigenvalue weighted by Gasteiger charge is 2.46. The average Bonchev–Trinajstić information content (AvgIpc) is 2.79. The molecule has 0 saturated heterocycles. The number of allylic oxidation sites excluding steroid dienone is 1. The zero-order valence-electron chi connectivity index (χ0n) is 18.7. The summed E-state index contributed by atoms with van der Waals surface area (Å²) in [7, 11) is 1.39. The second kappa shape index (κ2) is 10.1. The number of methoxy groups -OCH3 is 1. The van der Waals surface area contributed by atoms with Gasteiger partial charge in [0.15, 0.2) is 11.5 Å². The Labute approximate surface area is 190 Å². The maximum Gasteiger partial charge on any atom is 0.343 e. The van der Waals surface area contributed by atoms with Gasteiger partial charge in [-0.1, -0.05) is 30.3 Å². The summed E-state index contributed by atoms with van der Waals surface area (Å²) in [5, 5.41) is 12.1. The zero-order chi connectivity index (χ0) is 24.1. The Morgan fingerprint density at radius 2 is 1.76 bits per heavy atom. The van der Waals surface area contributed by atoms with E-state index in [1.54, 1.807) is 62.4 Å². The van der Waals surface area contributed by atoms with Crippen LogP contribution in [0.25, 0.3) is 0 Å². The van der Waals surface area contributed by atoms with Gasteiger partial charge in [-0.25, -0.2) is 9.59 Å². The average molecular weight is 452 g/mol. The molecule has 0 bridgehead atoms. The summed E-state index contributed by atoms with van der Waals surface area (Å²) in [5.74, 6) is -2.30. The molecule has 2 aromatic carbocycles. The first-order valence-electron chi connectivity index (χ1n) is 10.3. The van der Waals surface area contributed by atoms with Crippen molar-refractivity contribution in [3.63, 3.8) is 0 Å². The normalized spacial score (nSPS) is 17.8. The Morgan fingerprint density at radius 1 is 1.06 bits per heavy atom. The van der Waals surface area contributed by atoms with E-state index in [2.05, 4.69) is 4.99 Å². The fraction of sp³-hybridized carbons (Fsp3) is 0.292. The number of nitro groups is 1. The molecule has 33 heavy (non-hydrogen) atoms. The van der Waals surface area contributed by atoms with Crippen LogP contribution in [0, 0.1) is 10.1 Å². The molecule has 0 fully saturated rings. The molecule has 2 atom stereocenters. The van der Waals surface area contributed by atoms with Crippen molar-refractivity contribution in [3.05, 3.63) is 81.0 Å². The molecule has 9 heteroatoms. The number of esters is 2. The Kier molecular flexibility index (Phi) is 7.22. The minimum Gasteiger partial charge on any atom is -0.493 e. The van der Waals surface area contributed by atoms with Gasteiger partial charge in [0, 0.05) is 16.2 Å². The number of nitrogens with zero attached hydrogens (tertiary/aromatic N) is 2. The number of carbonyl (C=O) groups is 2. The summed E-state index contributed by atoms with van der Waals surface area (Å²) in [6, 6.07) is 11.7. The van der Waals surface area contributed by atoms with Crippen molar-refractivity contribution in [1.29, 1.82) is 0 Å². The first-order chi connectivity index (χ1) is 15.8.